The molecule has 1 aromatic carbocycles. The van der Waals surface area contributed by atoms with E-state index in [0.717, 1.165) is 5.56 Å². The number of hydrogen-bond donors (Lipinski definition) is 1. The number of carbonyl (C=O) groups excluding carboxylic acids is 1. The molecule has 1 atom stereocenters. The number of hydrogen-bond acceptors (Lipinski definition) is 3. The second-order valence-electron chi connectivity index (χ2n) is 4.40. The molecule has 0 aliphatic carbocycles. The van der Waals surface area contributed by atoms with Gasteiger partial charge in [-0.1, -0.05) is 37.0 Å². The van der Waals surface area contributed by atoms with Gasteiger partial charge in [0.1, 0.15) is 6.04 Å². The Bertz CT molecular complexity index is 401. The minimum absolute atomic E-state index is 0.145. The van der Waals surface area contributed by atoms with Crippen LogP contribution < -0.4 is 5.32 Å². The molecule has 3 nitrogen and oxygen atoms in total. The van der Waals surface area contributed by atoms with Gasteiger partial charge in [0.05, 0.1) is 7.11 Å². The number of carbonyl (C=O) groups is 1. The van der Waals surface area contributed by atoms with Crippen LogP contribution in [0.2, 0.25) is 10.0 Å². The first-order valence-electron chi connectivity index (χ1n) is 5.70. The van der Waals surface area contributed by atoms with Crippen LogP contribution in [0.5, 0.6) is 0 Å². The predicted molar refractivity (Wildman–Crippen MR) is 73.9 cm³/mol. The summed E-state index contributed by atoms with van der Waals surface area (Å²) in [7, 11) is 1.38. The van der Waals surface area contributed by atoms with Gasteiger partial charge in [0.2, 0.25) is 0 Å². The van der Waals surface area contributed by atoms with E-state index in [2.05, 4.69) is 5.32 Å². The molecule has 0 radical (unpaired) electrons. The number of methoxy groups -OCH3 is 1. The molecule has 100 valence electrons. The zero-order chi connectivity index (χ0) is 13.7. The van der Waals surface area contributed by atoms with Crippen molar-refractivity contribution in [1.29, 1.82) is 0 Å². The fourth-order valence-electron chi connectivity index (χ4n) is 1.66. The molecule has 0 fully saturated rings. The lowest BCUT2D eigenvalue weighted by molar-refractivity contribution is -0.144. The molecule has 18 heavy (non-hydrogen) atoms. The summed E-state index contributed by atoms with van der Waals surface area (Å²) < 4.78 is 4.76. The maximum absolute atomic E-state index is 11.6. The normalized spacial score (nSPS) is 12.6. The molecule has 0 heterocycles. The van der Waals surface area contributed by atoms with Crippen molar-refractivity contribution in [3.63, 3.8) is 0 Å². The van der Waals surface area contributed by atoms with Crippen LogP contribution in [0.1, 0.15) is 19.4 Å². The average molecular weight is 290 g/mol. The summed E-state index contributed by atoms with van der Waals surface area (Å²) in [6, 6.07) is 4.96. The van der Waals surface area contributed by atoms with E-state index in [9.17, 15) is 4.79 Å². The number of halogens is 2. The van der Waals surface area contributed by atoms with Crippen LogP contribution >= 0.6 is 23.2 Å². The van der Waals surface area contributed by atoms with Crippen LogP contribution in [0.25, 0.3) is 0 Å². The Hall–Kier alpha value is -0.770. The minimum Gasteiger partial charge on any atom is -0.468 e. The van der Waals surface area contributed by atoms with Crippen molar-refractivity contribution in [2.24, 2.45) is 5.92 Å². The highest BCUT2D eigenvalue weighted by molar-refractivity contribution is 6.34. The van der Waals surface area contributed by atoms with E-state index >= 15 is 0 Å². The second kappa shape index (κ2) is 6.98. The summed E-state index contributed by atoms with van der Waals surface area (Å²) in [5.41, 5.74) is 0.932. The van der Waals surface area contributed by atoms with Crippen molar-refractivity contribution >= 4 is 29.2 Å². The summed E-state index contributed by atoms with van der Waals surface area (Å²) in [5.74, 6) is -0.120. The molecule has 1 rings (SSSR count). The highest BCUT2D eigenvalue weighted by Crippen LogP contribution is 2.19. The Morgan fingerprint density at radius 3 is 2.28 bits per heavy atom. The zero-order valence-corrected chi connectivity index (χ0v) is 12.2. The third-order valence-corrected chi connectivity index (χ3v) is 3.01. The van der Waals surface area contributed by atoms with Gasteiger partial charge in [0, 0.05) is 16.6 Å². The van der Waals surface area contributed by atoms with E-state index in [0.29, 0.717) is 16.6 Å². The Morgan fingerprint density at radius 2 is 1.83 bits per heavy atom. The molecule has 5 heteroatoms. The zero-order valence-electron chi connectivity index (χ0n) is 10.7. The summed E-state index contributed by atoms with van der Waals surface area (Å²) in [6.07, 6.45) is 0. The first kappa shape index (κ1) is 15.3. The Balaban J connectivity index is 2.69. The SMILES string of the molecule is COC(=O)C(NCc1cc(Cl)cc(Cl)c1)C(C)C. The molecule has 0 aliphatic rings. The van der Waals surface area contributed by atoms with Crippen LogP contribution in [0.3, 0.4) is 0 Å². The lowest BCUT2D eigenvalue weighted by Gasteiger charge is -2.20. The van der Waals surface area contributed by atoms with Crippen molar-refractivity contribution in [2.45, 2.75) is 26.4 Å². The first-order chi connectivity index (χ1) is 8.43. The van der Waals surface area contributed by atoms with Crippen molar-refractivity contribution < 1.29 is 9.53 Å². The smallest absolute Gasteiger partial charge is 0.323 e. The summed E-state index contributed by atoms with van der Waals surface area (Å²) in [4.78, 5) is 11.6. The Labute approximate surface area is 117 Å². The molecule has 0 aromatic heterocycles. The van der Waals surface area contributed by atoms with Gasteiger partial charge in [0.25, 0.3) is 0 Å². The number of nitrogens with one attached hydrogen (secondary N) is 1. The Kier molecular flexibility index (Phi) is 5.93. The lowest BCUT2D eigenvalue weighted by atomic mass is 10.0. The largest absolute Gasteiger partial charge is 0.468 e. The highest BCUT2D eigenvalue weighted by Gasteiger charge is 2.22. The van der Waals surface area contributed by atoms with Crippen molar-refractivity contribution in [2.75, 3.05) is 7.11 Å². The van der Waals surface area contributed by atoms with E-state index in [4.69, 9.17) is 27.9 Å². The molecule has 1 N–H and O–H groups in total. The fourth-order valence-corrected chi connectivity index (χ4v) is 2.23. The molecule has 0 amide bonds. The lowest BCUT2D eigenvalue weighted by Crippen LogP contribution is -2.41. The predicted octanol–water partition coefficient (Wildman–Crippen LogP) is 3.28. The average Bonchev–Trinajstić information content (AvgIpc) is 2.27. The topological polar surface area (TPSA) is 38.3 Å². The third kappa shape index (κ3) is 4.48. The second-order valence-corrected chi connectivity index (χ2v) is 5.28. The molecule has 1 unspecified atom stereocenters. The van der Waals surface area contributed by atoms with E-state index in [-0.39, 0.29) is 17.9 Å². The standard InChI is InChI=1S/C13H17Cl2NO2/c1-8(2)12(13(17)18-3)16-7-9-4-10(14)6-11(15)5-9/h4-6,8,12,16H,7H2,1-3H3. The third-order valence-electron chi connectivity index (χ3n) is 2.57. The first-order valence-corrected chi connectivity index (χ1v) is 6.45. The van der Waals surface area contributed by atoms with E-state index < -0.39 is 0 Å². The molecule has 0 aliphatic heterocycles. The van der Waals surface area contributed by atoms with E-state index in [1.165, 1.54) is 7.11 Å². The van der Waals surface area contributed by atoms with Crippen LogP contribution in [-0.2, 0) is 16.1 Å². The quantitative estimate of drug-likeness (QED) is 0.846. The minimum atomic E-state index is -0.340. The van der Waals surface area contributed by atoms with Gasteiger partial charge in [-0.05, 0) is 29.7 Å². The van der Waals surface area contributed by atoms with Crippen LogP contribution in [0.15, 0.2) is 18.2 Å². The van der Waals surface area contributed by atoms with Gasteiger partial charge >= 0.3 is 5.97 Å². The molecular weight excluding hydrogens is 273 g/mol. The fraction of sp³-hybridized carbons (Fsp3) is 0.462. The monoisotopic (exact) mass is 289 g/mol. The van der Waals surface area contributed by atoms with E-state index in [1.807, 2.05) is 26.0 Å². The van der Waals surface area contributed by atoms with Crippen molar-refractivity contribution in [3.8, 4) is 0 Å². The van der Waals surface area contributed by atoms with Crippen LogP contribution in [0, 0.1) is 5.92 Å². The summed E-state index contributed by atoms with van der Waals surface area (Å²) in [5, 5.41) is 4.31. The summed E-state index contributed by atoms with van der Waals surface area (Å²) in [6.45, 7) is 4.43. The van der Waals surface area contributed by atoms with Gasteiger partial charge in [-0.3, -0.25) is 4.79 Å². The van der Waals surface area contributed by atoms with Gasteiger partial charge in [-0.2, -0.15) is 0 Å². The van der Waals surface area contributed by atoms with Crippen molar-refractivity contribution in [1.82, 2.24) is 5.32 Å². The summed E-state index contributed by atoms with van der Waals surface area (Å²) >= 11 is 11.8. The maximum atomic E-state index is 11.6. The molecule has 0 saturated heterocycles. The van der Waals surface area contributed by atoms with Gasteiger partial charge in [-0.15, -0.1) is 0 Å². The Morgan fingerprint density at radius 1 is 1.28 bits per heavy atom. The molecule has 1 aromatic rings. The highest BCUT2D eigenvalue weighted by atomic mass is 35.5. The number of esters is 1. The van der Waals surface area contributed by atoms with Crippen LogP contribution in [-0.4, -0.2) is 19.1 Å². The molecule has 0 bridgehead atoms. The van der Waals surface area contributed by atoms with Crippen molar-refractivity contribution in [3.05, 3.63) is 33.8 Å². The van der Waals surface area contributed by atoms with Gasteiger partial charge in [-0.25, -0.2) is 0 Å². The number of rotatable bonds is 5. The maximum Gasteiger partial charge on any atom is 0.323 e. The van der Waals surface area contributed by atoms with Gasteiger partial charge < -0.3 is 10.1 Å². The van der Waals surface area contributed by atoms with Gasteiger partial charge in [0.15, 0.2) is 0 Å². The molecule has 0 saturated carbocycles. The number of benzene rings is 1. The molecule has 0 spiro atoms. The van der Waals surface area contributed by atoms with Crippen LogP contribution in [0.4, 0.5) is 0 Å². The van der Waals surface area contributed by atoms with E-state index in [1.54, 1.807) is 6.07 Å². The molecular formula is C13H17Cl2NO2. The number of ether oxygens (including phenoxy) is 1.